The summed E-state index contributed by atoms with van der Waals surface area (Å²) < 4.78 is 56.8. The van der Waals surface area contributed by atoms with Gasteiger partial charge in [0, 0.05) is 5.56 Å². The smallest absolute Gasteiger partial charge is 0.326 e. The highest BCUT2D eigenvalue weighted by Gasteiger charge is 2.68. The molecule has 8 nitrogen and oxygen atoms in total. The molecule has 164 valence electrons. The average molecular weight is 448 g/mol. The summed E-state index contributed by atoms with van der Waals surface area (Å²) in [6.45, 7) is 0. The van der Waals surface area contributed by atoms with Crippen molar-refractivity contribution in [3.05, 3.63) is 92.4 Å². The predicted octanol–water partition coefficient (Wildman–Crippen LogP) is 1.80. The number of alkyl halides is 3. The van der Waals surface area contributed by atoms with Gasteiger partial charge in [-0.15, -0.1) is 0 Å². The van der Waals surface area contributed by atoms with E-state index in [1.54, 1.807) is 10.3 Å². The van der Waals surface area contributed by atoms with Crippen molar-refractivity contribution in [3.8, 4) is 5.69 Å². The van der Waals surface area contributed by atoms with Gasteiger partial charge in [0.2, 0.25) is 0 Å². The van der Waals surface area contributed by atoms with Gasteiger partial charge in [0.15, 0.2) is 0 Å². The Hall–Kier alpha value is -4.22. The van der Waals surface area contributed by atoms with Crippen LogP contribution < -0.4 is 21.9 Å². The summed E-state index contributed by atoms with van der Waals surface area (Å²) in [5.41, 5.74) is -8.01. The van der Waals surface area contributed by atoms with Gasteiger partial charge in [0.1, 0.15) is 17.2 Å². The summed E-state index contributed by atoms with van der Waals surface area (Å²) in [6.07, 6.45) is -5.47. The number of anilines is 1. The zero-order chi connectivity index (χ0) is 23.3. The SMILES string of the molecule is O=C(N[C@@]1(C(F)(F)F)C(=O)Nc2c1c(=O)[nH]c(=O)n2-c1ccc(F)cc1)c1ccccc1. The van der Waals surface area contributed by atoms with Gasteiger partial charge in [-0.2, -0.15) is 13.2 Å². The van der Waals surface area contributed by atoms with Gasteiger partial charge in [-0.1, -0.05) is 18.2 Å². The molecule has 2 amide bonds. The molecule has 0 radical (unpaired) electrons. The van der Waals surface area contributed by atoms with E-state index in [4.69, 9.17) is 0 Å². The maximum Gasteiger partial charge on any atom is 0.425 e. The van der Waals surface area contributed by atoms with Crippen LogP contribution in [0.25, 0.3) is 5.69 Å². The summed E-state index contributed by atoms with van der Waals surface area (Å²) in [7, 11) is 0. The monoisotopic (exact) mass is 448 g/mol. The summed E-state index contributed by atoms with van der Waals surface area (Å²) >= 11 is 0. The molecular formula is C20H12F4N4O4. The topological polar surface area (TPSA) is 113 Å². The van der Waals surface area contributed by atoms with Crippen LogP contribution in [-0.2, 0) is 10.3 Å². The van der Waals surface area contributed by atoms with Crippen LogP contribution >= 0.6 is 0 Å². The van der Waals surface area contributed by atoms with Crippen LogP contribution in [0.4, 0.5) is 23.4 Å². The van der Waals surface area contributed by atoms with Crippen molar-refractivity contribution in [1.82, 2.24) is 14.9 Å². The average Bonchev–Trinajstić information content (AvgIpc) is 3.03. The minimum absolute atomic E-state index is 0.128. The van der Waals surface area contributed by atoms with E-state index >= 15 is 0 Å². The fraction of sp³-hybridized carbons (Fsp3) is 0.100. The number of benzene rings is 2. The van der Waals surface area contributed by atoms with E-state index in [0.717, 1.165) is 24.3 Å². The summed E-state index contributed by atoms with van der Waals surface area (Å²) in [4.78, 5) is 51.9. The lowest BCUT2D eigenvalue weighted by atomic mass is 9.91. The first-order chi connectivity index (χ1) is 15.1. The Kier molecular flexibility index (Phi) is 4.72. The number of fused-ring (bicyclic) bond motifs is 1. The zero-order valence-corrected chi connectivity index (χ0v) is 15.8. The number of aromatic amines is 1. The molecule has 2 heterocycles. The van der Waals surface area contributed by atoms with Crippen molar-refractivity contribution in [2.24, 2.45) is 0 Å². The third kappa shape index (κ3) is 3.07. The van der Waals surface area contributed by atoms with E-state index in [-0.39, 0.29) is 11.3 Å². The second-order valence-corrected chi connectivity index (χ2v) is 6.82. The third-order valence-corrected chi connectivity index (χ3v) is 4.91. The summed E-state index contributed by atoms with van der Waals surface area (Å²) in [5, 5.41) is 3.52. The number of hydrogen-bond acceptors (Lipinski definition) is 4. The highest BCUT2D eigenvalue weighted by Crippen LogP contribution is 2.45. The standard InChI is InChI=1S/C20H12F4N4O4/c21-11-6-8-12(9-7-11)28-14-13(16(30)26-18(28)32)19(17(31)25-14,20(22,23)24)27-15(29)10-4-2-1-3-5-10/h1-9H,(H,25,31)(H,27,29)(H,26,30,32)/t19-/m1/s1. The maximum absolute atomic E-state index is 14.3. The molecule has 1 aliphatic heterocycles. The lowest BCUT2D eigenvalue weighted by molar-refractivity contribution is -0.196. The number of halogens is 4. The Bertz CT molecular complexity index is 1350. The molecule has 0 aliphatic carbocycles. The van der Waals surface area contributed by atoms with E-state index in [9.17, 15) is 36.7 Å². The van der Waals surface area contributed by atoms with Gasteiger partial charge in [0.25, 0.3) is 22.9 Å². The normalized spacial score (nSPS) is 17.6. The Morgan fingerprint density at radius 3 is 2.19 bits per heavy atom. The van der Waals surface area contributed by atoms with Gasteiger partial charge in [-0.05, 0) is 36.4 Å². The second kappa shape index (κ2) is 7.18. The number of nitrogens with zero attached hydrogens (tertiary/aromatic N) is 1. The van der Waals surface area contributed by atoms with Gasteiger partial charge < -0.3 is 10.6 Å². The Balaban J connectivity index is 1.98. The summed E-state index contributed by atoms with van der Waals surface area (Å²) in [5.74, 6) is -4.53. The Morgan fingerprint density at radius 2 is 1.59 bits per heavy atom. The molecule has 0 saturated carbocycles. The molecule has 3 N–H and O–H groups in total. The zero-order valence-electron chi connectivity index (χ0n) is 15.8. The van der Waals surface area contributed by atoms with E-state index in [0.29, 0.717) is 4.57 Å². The van der Waals surface area contributed by atoms with Crippen molar-refractivity contribution >= 4 is 17.6 Å². The fourth-order valence-electron chi connectivity index (χ4n) is 3.45. The maximum atomic E-state index is 14.3. The number of rotatable bonds is 3. The molecule has 1 aliphatic rings. The van der Waals surface area contributed by atoms with E-state index in [1.165, 1.54) is 30.3 Å². The Morgan fingerprint density at radius 1 is 0.969 bits per heavy atom. The van der Waals surface area contributed by atoms with Crippen molar-refractivity contribution < 1.29 is 27.2 Å². The molecule has 12 heteroatoms. The first-order valence-corrected chi connectivity index (χ1v) is 8.98. The first-order valence-electron chi connectivity index (χ1n) is 8.98. The van der Waals surface area contributed by atoms with Gasteiger partial charge >= 0.3 is 11.9 Å². The van der Waals surface area contributed by atoms with Gasteiger partial charge in [-0.3, -0.25) is 19.4 Å². The number of H-pyrrole nitrogens is 1. The molecule has 1 atom stereocenters. The minimum atomic E-state index is -5.47. The fourth-order valence-corrected chi connectivity index (χ4v) is 3.45. The van der Waals surface area contributed by atoms with Gasteiger partial charge in [-0.25, -0.2) is 13.8 Å². The minimum Gasteiger partial charge on any atom is -0.326 e. The third-order valence-electron chi connectivity index (χ3n) is 4.91. The molecule has 3 aromatic rings. The predicted molar refractivity (Wildman–Crippen MR) is 103 cm³/mol. The number of carbonyl (C=O) groups excluding carboxylic acids is 2. The quantitative estimate of drug-likeness (QED) is 0.531. The Labute approximate surface area is 175 Å². The van der Waals surface area contributed by atoms with Crippen LogP contribution in [0.1, 0.15) is 15.9 Å². The van der Waals surface area contributed by atoms with Crippen LogP contribution in [0.3, 0.4) is 0 Å². The van der Waals surface area contributed by atoms with E-state index < -0.39 is 52.0 Å². The highest BCUT2D eigenvalue weighted by molar-refractivity contribution is 6.09. The lowest BCUT2D eigenvalue weighted by Crippen LogP contribution is -2.62. The number of hydrogen-bond donors (Lipinski definition) is 3. The van der Waals surface area contributed by atoms with Crippen molar-refractivity contribution in [1.29, 1.82) is 0 Å². The summed E-state index contributed by atoms with van der Waals surface area (Å²) in [6, 6.07) is 10.8. The number of amides is 2. The first kappa shape index (κ1) is 21.0. The molecular weight excluding hydrogens is 436 g/mol. The largest absolute Gasteiger partial charge is 0.425 e. The molecule has 0 unspecified atom stereocenters. The van der Waals surface area contributed by atoms with Crippen LogP contribution in [-0.4, -0.2) is 27.5 Å². The van der Waals surface area contributed by atoms with E-state index in [1.807, 2.05) is 5.32 Å². The number of aromatic nitrogens is 2. The molecule has 1 aromatic heterocycles. The molecule has 0 bridgehead atoms. The molecule has 0 spiro atoms. The molecule has 2 aromatic carbocycles. The second-order valence-electron chi connectivity index (χ2n) is 6.82. The number of nitrogens with one attached hydrogen (secondary N) is 3. The van der Waals surface area contributed by atoms with Crippen molar-refractivity contribution in [2.75, 3.05) is 5.32 Å². The number of carbonyl (C=O) groups is 2. The van der Waals surface area contributed by atoms with Crippen LogP contribution in [0.15, 0.2) is 64.2 Å². The molecule has 32 heavy (non-hydrogen) atoms. The van der Waals surface area contributed by atoms with E-state index in [2.05, 4.69) is 0 Å². The van der Waals surface area contributed by atoms with Crippen molar-refractivity contribution in [3.63, 3.8) is 0 Å². The van der Waals surface area contributed by atoms with Crippen LogP contribution in [0.2, 0.25) is 0 Å². The molecule has 4 rings (SSSR count). The molecule has 0 saturated heterocycles. The van der Waals surface area contributed by atoms with Crippen LogP contribution in [0, 0.1) is 5.82 Å². The molecule has 0 fully saturated rings. The lowest BCUT2D eigenvalue weighted by Gasteiger charge is -2.30. The van der Waals surface area contributed by atoms with Gasteiger partial charge in [0.05, 0.1) is 5.69 Å². The van der Waals surface area contributed by atoms with Crippen molar-refractivity contribution in [2.45, 2.75) is 11.7 Å². The highest BCUT2D eigenvalue weighted by atomic mass is 19.4. The van der Waals surface area contributed by atoms with Crippen LogP contribution in [0.5, 0.6) is 0 Å².